The summed E-state index contributed by atoms with van der Waals surface area (Å²) < 4.78 is 6.52. The number of nitrogens with one attached hydrogen (secondary N) is 1. The van der Waals surface area contributed by atoms with E-state index in [4.69, 9.17) is 4.74 Å². The Morgan fingerprint density at radius 1 is 1.42 bits per heavy atom. The Balaban J connectivity index is 2.21. The third-order valence-electron chi connectivity index (χ3n) is 2.93. The summed E-state index contributed by atoms with van der Waals surface area (Å²) in [6.45, 7) is 2.02. The molecule has 2 aromatic rings. The monoisotopic (exact) mass is 259 g/mol. The molecule has 1 unspecified atom stereocenters. The first-order chi connectivity index (χ1) is 9.11. The molecule has 0 amide bonds. The lowest BCUT2D eigenvalue weighted by Gasteiger charge is -2.16. The van der Waals surface area contributed by atoms with Crippen molar-refractivity contribution in [3.8, 4) is 0 Å². The van der Waals surface area contributed by atoms with Crippen molar-refractivity contribution in [3.05, 3.63) is 47.8 Å². The van der Waals surface area contributed by atoms with Gasteiger partial charge in [0.2, 0.25) is 0 Å². The van der Waals surface area contributed by atoms with E-state index in [2.05, 4.69) is 10.4 Å². The van der Waals surface area contributed by atoms with Crippen LogP contribution in [0.2, 0.25) is 0 Å². The predicted molar refractivity (Wildman–Crippen MR) is 73.0 cm³/mol. The van der Waals surface area contributed by atoms with Gasteiger partial charge in [0, 0.05) is 24.5 Å². The number of anilines is 1. The van der Waals surface area contributed by atoms with Crippen molar-refractivity contribution in [2.75, 3.05) is 12.4 Å². The number of aromatic nitrogens is 2. The second kappa shape index (κ2) is 5.56. The molecule has 0 bridgehead atoms. The van der Waals surface area contributed by atoms with Crippen LogP contribution in [0, 0.1) is 0 Å². The highest BCUT2D eigenvalue weighted by Crippen LogP contribution is 2.22. The standard InChI is InChI=1S/C14H17N3O2/c1-10(11-8-15-17(2)9-11)16-13-7-5-4-6-12(13)14(18)19-3/h4-10,16H,1-3H3. The minimum atomic E-state index is -0.346. The zero-order valence-corrected chi connectivity index (χ0v) is 11.3. The van der Waals surface area contributed by atoms with Crippen LogP contribution in [-0.4, -0.2) is 22.9 Å². The van der Waals surface area contributed by atoms with Crippen molar-refractivity contribution >= 4 is 11.7 Å². The summed E-state index contributed by atoms with van der Waals surface area (Å²) in [5, 5.41) is 7.44. The van der Waals surface area contributed by atoms with Crippen LogP contribution in [-0.2, 0) is 11.8 Å². The molecule has 0 aliphatic heterocycles. The van der Waals surface area contributed by atoms with Gasteiger partial charge in [-0.2, -0.15) is 5.10 Å². The Bertz CT molecular complexity index is 578. The van der Waals surface area contributed by atoms with Gasteiger partial charge in [0.15, 0.2) is 0 Å². The molecule has 2 rings (SSSR count). The average molecular weight is 259 g/mol. The van der Waals surface area contributed by atoms with Crippen LogP contribution >= 0.6 is 0 Å². The molecular formula is C14H17N3O2. The van der Waals surface area contributed by atoms with Gasteiger partial charge in [0.1, 0.15) is 0 Å². The van der Waals surface area contributed by atoms with Crippen molar-refractivity contribution < 1.29 is 9.53 Å². The first-order valence-electron chi connectivity index (χ1n) is 6.04. The molecule has 1 aromatic heterocycles. The Kier molecular flexibility index (Phi) is 3.85. The van der Waals surface area contributed by atoms with Crippen LogP contribution in [0.4, 0.5) is 5.69 Å². The third-order valence-corrected chi connectivity index (χ3v) is 2.93. The van der Waals surface area contributed by atoms with Gasteiger partial charge in [0.25, 0.3) is 0 Å². The highest BCUT2D eigenvalue weighted by molar-refractivity contribution is 5.95. The number of para-hydroxylation sites is 1. The number of hydrogen-bond donors (Lipinski definition) is 1. The Hall–Kier alpha value is -2.30. The topological polar surface area (TPSA) is 56.1 Å². The number of hydrogen-bond acceptors (Lipinski definition) is 4. The second-order valence-corrected chi connectivity index (χ2v) is 4.35. The van der Waals surface area contributed by atoms with E-state index < -0.39 is 0 Å². The summed E-state index contributed by atoms with van der Waals surface area (Å²) in [6.07, 6.45) is 3.75. The molecule has 0 radical (unpaired) electrons. The average Bonchev–Trinajstić information content (AvgIpc) is 2.85. The molecule has 0 spiro atoms. The number of esters is 1. The van der Waals surface area contributed by atoms with E-state index in [9.17, 15) is 4.79 Å². The maximum Gasteiger partial charge on any atom is 0.339 e. The molecule has 0 aliphatic rings. The number of aryl methyl sites for hydroxylation is 1. The summed E-state index contributed by atoms with van der Waals surface area (Å²) in [5.41, 5.74) is 2.34. The van der Waals surface area contributed by atoms with Crippen LogP contribution in [0.3, 0.4) is 0 Å². The number of rotatable bonds is 4. The predicted octanol–water partition coefficient (Wildman–Crippen LogP) is 2.38. The SMILES string of the molecule is COC(=O)c1ccccc1NC(C)c1cnn(C)c1. The molecule has 0 fully saturated rings. The van der Waals surface area contributed by atoms with Gasteiger partial charge in [-0.25, -0.2) is 4.79 Å². The minimum absolute atomic E-state index is 0.0551. The smallest absolute Gasteiger partial charge is 0.339 e. The second-order valence-electron chi connectivity index (χ2n) is 4.35. The molecule has 1 N–H and O–H groups in total. The lowest BCUT2D eigenvalue weighted by atomic mass is 10.1. The highest BCUT2D eigenvalue weighted by atomic mass is 16.5. The van der Waals surface area contributed by atoms with Crippen LogP contribution in [0.5, 0.6) is 0 Å². The molecule has 0 aliphatic carbocycles. The van der Waals surface area contributed by atoms with Gasteiger partial charge in [-0.15, -0.1) is 0 Å². The number of methoxy groups -OCH3 is 1. The zero-order chi connectivity index (χ0) is 13.8. The number of ether oxygens (including phenoxy) is 1. The Labute approximate surface area is 112 Å². The number of nitrogens with zero attached hydrogens (tertiary/aromatic N) is 2. The summed E-state index contributed by atoms with van der Waals surface area (Å²) in [6, 6.07) is 7.35. The lowest BCUT2D eigenvalue weighted by Crippen LogP contribution is -2.11. The van der Waals surface area contributed by atoms with Gasteiger partial charge in [0.05, 0.1) is 24.9 Å². The van der Waals surface area contributed by atoms with E-state index in [1.165, 1.54) is 7.11 Å². The fourth-order valence-electron chi connectivity index (χ4n) is 1.88. The third kappa shape index (κ3) is 2.93. The fraction of sp³-hybridized carbons (Fsp3) is 0.286. The van der Waals surface area contributed by atoms with Gasteiger partial charge in [-0.1, -0.05) is 12.1 Å². The highest BCUT2D eigenvalue weighted by Gasteiger charge is 2.14. The van der Waals surface area contributed by atoms with Crippen LogP contribution < -0.4 is 5.32 Å². The number of benzene rings is 1. The molecule has 5 nitrogen and oxygen atoms in total. The number of carbonyl (C=O) groups is 1. The molecule has 5 heteroatoms. The summed E-state index contributed by atoms with van der Waals surface area (Å²) in [7, 11) is 3.25. The molecule has 0 saturated carbocycles. The van der Waals surface area contributed by atoms with E-state index in [-0.39, 0.29) is 12.0 Å². The van der Waals surface area contributed by atoms with Crippen LogP contribution in [0.25, 0.3) is 0 Å². The van der Waals surface area contributed by atoms with E-state index in [1.807, 2.05) is 38.4 Å². The van der Waals surface area contributed by atoms with Gasteiger partial charge in [-0.3, -0.25) is 4.68 Å². The van der Waals surface area contributed by atoms with E-state index in [1.54, 1.807) is 16.9 Å². The maximum absolute atomic E-state index is 11.7. The van der Waals surface area contributed by atoms with E-state index >= 15 is 0 Å². The molecule has 1 atom stereocenters. The van der Waals surface area contributed by atoms with Crippen LogP contribution in [0.1, 0.15) is 28.9 Å². The normalized spacial score (nSPS) is 11.9. The molecule has 1 aromatic carbocycles. The fourth-order valence-corrected chi connectivity index (χ4v) is 1.88. The molecular weight excluding hydrogens is 242 g/mol. The molecule has 1 heterocycles. The first kappa shape index (κ1) is 13.1. The van der Waals surface area contributed by atoms with Crippen molar-refractivity contribution in [1.29, 1.82) is 0 Å². The van der Waals surface area contributed by atoms with Crippen molar-refractivity contribution in [3.63, 3.8) is 0 Å². The van der Waals surface area contributed by atoms with Crippen molar-refractivity contribution in [2.24, 2.45) is 7.05 Å². The van der Waals surface area contributed by atoms with Gasteiger partial charge < -0.3 is 10.1 Å². The minimum Gasteiger partial charge on any atom is -0.465 e. The maximum atomic E-state index is 11.7. The van der Waals surface area contributed by atoms with Crippen LogP contribution in [0.15, 0.2) is 36.7 Å². The molecule has 0 saturated heterocycles. The first-order valence-corrected chi connectivity index (χ1v) is 6.04. The molecule has 19 heavy (non-hydrogen) atoms. The summed E-state index contributed by atoms with van der Waals surface area (Å²) in [4.78, 5) is 11.7. The lowest BCUT2D eigenvalue weighted by molar-refractivity contribution is 0.0602. The van der Waals surface area contributed by atoms with Crippen molar-refractivity contribution in [1.82, 2.24) is 9.78 Å². The van der Waals surface area contributed by atoms with Gasteiger partial charge >= 0.3 is 5.97 Å². The van der Waals surface area contributed by atoms with E-state index in [0.29, 0.717) is 5.56 Å². The zero-order valence-electron chi connectivity index (χ0n) is 11.3. The van der Waals surface area contributed by atoms with Crippen molar-refractivity contribution in [2.45, 2.75) is 13.0 Å². The van der Waals surface area contributed by atoms with E-state index in [0.717, 1.165) is 11.3 Å². The Morgan fingerprint density at radius 3 is 2.79 bits per heavy atom. The summed E-state index contributed by atoms with van der Waals surface area (Å²) >= 11 is 0. The Morgan fingerprint density at radius 2 is 2.16 bits per heavy atom. The quantitative estimate of drug-likeness (QED) is 0.856. The number of carbonyl (C=O) groups excluding carboxylic acids is 1. The largest absolute Gasteiger partial charge is 0.465 e. The summed E-state index contributed by atoms with van der Waals surface area (Å²) in [5.74, 6) is -0.346. The molecule has 100 valence electrons. The van der Waals surface area contributed by atoms with Gasteiger partial charge in [-0.05, 0) is 19.1 Å².